The van der Waals surface area contributed by atoms with E-state index >= 15 is 0 Å². The summed E-state index contributed by atoms with van der Waals surface area (Å²) in [7, 11) is 0. The lowest BCUT2D eigenvalue weighted by Gasteiger charge is -1.89. The van der Waals surface area contributed by atoms with Crippen molar-refractivity contribution >= 4 is 5.82 Å². The minimum atomic E-state index is 0.444. The summed E-state index contributed by atoms with van der Waals surface area (Å²) in [5.41, 5.74) is 6.17. The zero-order chi connectivity index (χ0) is 5.98. The zero-order valence-corrected chi connectivity index (χ0v) is 4.50. The predicted molar refractivity (Wildman–Crippen MR) is 29.0 cm³/mol. The number of aryl methyl sites for hydroxylation is 1. The summed E-state index contributed by atoms with van der Waals surface area (Å²) < 4.78 is 0. The number of nitrogens with two attached hydrogens (primary N) is 1. The van der Waals surface area contributed by atoms with Crippen LogP contribution in [-0.2, 0) is 0 Å². The lowest BCUT2D eigenvalue weighted by atomic mass is 10.4. The lowest BCUT2D eigenvalue weighted by molar-refractivity contribution is 0.862. The van der Waals surface area contributed by atoms with E-state index in [1.807, 2.05) is 6.92 Å². The van der Waals surface area contributed by atoms with Crippen LogP contribution in [0.2, 0.25) is 0 Å². The Bertz CT molecular complexity index is 164. The number of aromatic nitrogens is 3. The van der Waals surface area contributed by atoms with Crippen LogP contribution in [0, 0.1) is 6.92 Å². The molecule has 0 unspecified atom stereocenters. The van der Waals surface area contributed by atoms with E-state index in [0.29, 0.717) is 5.82 Å². The van der Waals surface area contributed by atoms with Crippen molar-refractivity contribution in [1.29, 1.82) is 0 Å². The summed E-state index contributed by atoms with van der Waals surface area (Å²) in [4.78, 5) is 0. The van der Waals surface area contributed by atoms with Crippen LogP contribution in [0.1, 0.15) is 5.56 Å². The largest absolute Gasteiger partial charge is 0.382 e. The zero-order valence-electron chi connectivity index (χ0n) is 4.50. The molecule has 42 valence electrons. The van der Waals surface area contributed by atoms with E-state index in [2.05, 4.69) is 15.4 Å². The number of nitrogen functional groups attached to an aromatic ring is 1. The first-order chi connectivity index (χ1) is 3.80. The fourth-order valence-electron chi connectivity index (χ4n) is 0.331. The highest BCUT2D eigenvalue weighted by atomic mass is 15.3. The van der Waals surface area contributed by atoms with E-state index in [1.54, 1.807) is 6.20 Å². The first kappa shape index (κ1) is 4.96. The van der Waals surface area contributed by atoms with Gasteiger partial charge in [0.05, 0.1) is 6.20 Å². The molecule has 0 atom stereocenters. The van der Waals surface area contributed by atoms with Crippen LogP contribution in [-0.4, -0.2) is 15.4 Å². The highest BCUT2D eigenvalue weighted by molar-refractivity contribution is 5.33. The Hall–Kier alpha value is -1.19. The molecule has 0 bridgehead atoms. The minimum Gasteiger partial charge on any atom is -0.382 e. The van der Waals surface area contributed by atoms with Crippen LogP contribution in [0.25, 0.3) is 0 Å². The molecule has 0 fully saturated rings. The molecule has 1 aromatic heterocycles. The Labute approximate surface area is 46.7 Å². The number of hydrogen-bond donors (Lipinski definition) is 1. The maximum Gasteiger partial charge on any atom is 0.152 e. The lowest BCUT2D eigenvalue weighted by Crippen LogP contribution is -1.96. The molecule has 0 aliphatic heterocycles. The second-order valence-electron chi connectivity index (χ2n) is 1.50. The second kappa shape index (κ2) is 1.73. The van der Waals surface area contributed by atoms with E-state index in [1.165, 1.54) is 0 Å². The highest BCUT2D eigenvalue weighted by Crippen LogP contribution is 1.97. The van der Waals surface area contributed by atoms with Crippen LogP contribution in [0.3, 0.4) is 0 Å². The smallest absolute Gasteiger partial charge is 0.152 e. The van der Waals surface area contributed by atoms with Gasteiger partial charge in [-0.2, -0.15) is 0 Å². The van der Waals surface area contributed by atoms with E-state index in [4.69, 9.17) is 5.73 Å². The maximum atomic E-state index is 5.31. The molecule has 0 spiro atoms. The van der Waals surface area contributed by atoms with Gasteiger partial charge in [0.1, 0.15) is 0 Å². The molecule has 1 rings (SSSR count). The van der Waals surface area contributed by atoms with Crippen molar-refractivity contribution in [3.63, 3.8) is 0 Å². The Morgan fingerprint density at radius 2 is 2.38 bits per heavy atom. The molecule has 8 heavy (non-hydrogen) atoms. The van der Waals surface area contributed by atoms with Gasteiger partial charge in [-0.15, -0.1) is 10.2 Å². The van der Waals surface area contributed by atoms with Crippen molar-refractivity contribution < 1.29 is 0 Å². The minimum absolute atomic E-state index is 0.444. The molecule has 0 aliphatic carbocycles. The molecule has 0 saturated heterocycles. The molecule has 0 aromatic carbocycles. The topological polar surface area (TPSA) is 64.7 Å². The summed E-state index contributed by atoms with van der Waals surface area (Å²) >= 11 is 0. The molecule has 0 amide bonds. The Balaban J connectivity index is 3.13. The quantitative estimate of drug-likeness (QED) is 0.500. The van der Waals surface area contributed by atoms with Crippen LogP contribution in [0.5, 0.6) is 0 Å². The molecular formula is C4H6N4. The third kappa shape index (κ3) is 0.726. The highest BCUT2D eigenvalue weighted by Gasteiger charge is 1.89. The fourth-order valence-corrected chi connectivity index (χ4v) is 0.331. The van der Waals surface area contributed by atoms with Gasteiger partial charge in [-0.1, -0.05) is 0 Å². The third-order valence-electron chi connectivity index (χ3n) is 0.860. The predicted octanol–water partition coefficient (Wildman–Crippen LogP) is -0.238. The Kier molecular flexibility index (Phi) is 1.07. The Morgan fingerprint density at radius 1 is 1.62 bits per heavy atom. The third-order valence-corrected chi connectivity index (χ3v) is 0.860. The summed E-state index contributed by atoms with van der Waals surface area (Å²) in [5, 5.41) is 10.3. The average Bonchev–Trinajstić information content (AvgIpc) is 1.77. The summed E-state index contributed by atoms with van der Waals surface area (Å²) in [5.74, 6) is 0.444. The van der Waals surface area contributed by atoms with Gasteiger partial charge >= 0.3 is 0 Å². The second-order valence-corrected chi connectivity index (χ2v) is 1.50. The summed E-state index contributed by atoms with van der Waals surface area (Å²) in [6, 6.07) is 0. The van der Waals surface area contributed by atoms with Crippen LogP contribution in [0.4, 0.5) is 5.82 Å². The van der Waals surface area contributed by atoms with Crippen molar-refractivity contribution in [3.05, 3.63) is 11.8 Å². The van der Waals surface area contributed by atoms with Crippen molar-refractivity contribution in [2.24, 2.45) is 0 Å². The molecule has 0 saturated carbocycles. The normalized spacial score (nSPS) is 9.12. The molecule has 4 heteroatoms. The molecule has 4 nitrogen and oxygen atoms in total. The number of anilines is 1. The summed E-state index contributed by atoms with van der Waals surface area (Å²) in [6.07, 6.45) is 1.57. The van der Waals surface area contributed by atoms with Gasteiger partial charge in [0.25, 0.3) is 0 Å². The van der Waals surface area contributed by atoms with Crippen molar-refractivity contribution in [1.82, 2.24) is 15.4 Å². The monoisotopic (exact) mass is 110 g/mol. The van der Waals surface area contributed by atoms with Crippen LogP contribution < -0.4 is 5.73 Å². The maximum absolute atomic E-state index is 5.31. The molecule has 0 radical (unpaired) electrons. The molecule has 1 aromatic rings. The van der Waals surface area contributed by atoms with Gasteiger partial charge in [0.2, 0.25) is 0 Å². The standard InChI is InChI=1S/C4H6N4/c1-3-2-6-8-7-4(3)5/h2H,1H3,(H2,5,6,7). The molecule has 1 heterocycles. The van der Waals surface area contributed by atoms with Gasteiger partial charge < -0.3 is 5.73 Å². The number of nitrogens with zero attached hydrogens (tertiary/aromatic N) is 3. The fraction of sp³-hybridized carbons (Fsp3) is 0.250. The Morgan fingerprint density at radius 3 is 2.75 bits per heavy atom. The van der Waals surface area contributed by atoms with E-state index < -0.39 is 0 Å². The van der Waals surface area contributed by atoms with Crippen LogP contribution >= 0.6 is 0 Å². The van der Waals surface area contributed by atoms with Gasteiger partial charge in [0, 0.05) is 5.56 Å². The van der Waals surface area contributed by atoms with Gasteiger partial charge in [0.15, 0.2) is 5.82 Å². The SMILES string of the molecule is Cc1cnnnc1N. The number of hydrogen-bond acceptors (Lipinski definition) is 4. The van der Waals surface area contributed by atoms with Gasteiger partial charge in [-0.25, -0.2) is 0 Å². The van der Waals surface area contributed by atoms with E-state index in [0.717, 1.165) is 5.56 Å². The van der Waals surface area contributed by atoms with Crippen molar-refractivity contribution in [2.45, 2.75) is 6.92 Å². The molecule has 2 N–H and O–H groups in total. The summed E-state index contributed by atoms with van der Waals surface area (Å²) in [6.45, 7) is 1.83. The molecular weight excluding hydrogens is 104 g/mol. The molecule has 0 aliphatic rings. The average molecular weight is 110 g/mol. The first-order valence-corrected chi connectivity index (χ1v) is 2.21. The van der Waals surface area contributed by atoms with Gasteiger partial charge in [-0.3, -0.25) is 0 Å². The van der Waals surface area contributed by atoms with E-state index in [-0.39, 0.29) is 0 Å². The van der Waals surface area contributed by atoms with Crippen LogP contribution in [0.15, 0.2) is 6.20 Å². The van der Waals surface area contributed by atoms with Crippen molar-refractivity contribution in [3.8, 4) is 0 Å². The van der Waals surface area contributed by atoms with Gasteiger partial charge in [-0.05, 0) is 12.1 Å². The van der Waals surface area contributed by atoms with E-state index in [9.17, 15) is 0 Å². The number of rotatable bonds is 0. The first-order valence-electron chi connectivity index (χ1n) is 2.21. The van der Waals surface area contributed by atoms with Crippen molar-refractivity contribution in [2.75, 3.05) is 5.73 Å².